The van der Waals surface area contributed by atoms with E-state index in [1.807, 2.05) is 24.3 Å². The summed E-state index contributed by atoms with van der Waals surface area (Å²) in [4.78, 5) is 41.3. The van der Waals surface area contributed by atoms with Crippen molar-refractivity contribution in [1.82, 2.24) is 0 Å². The summed E-state index contributed by atoms with van der Waals surface area (Å²) < 4.78 is 5.36. The number of carboxylic acid groups (broad SMARTS) is 1. The molecule has 192 valence electrons. The fourth-order valence-electron chi connectivity index (χ4n) is 6.16. The summed E-state index contributed by atoms with van der Waals surface area (Å²) in [7, 11) is 1.61. The molecule has 0 unspecified atom stereocenters. The molecular weight excluding hydrogens is 466 g/mol. The van der Waals surface area contributed by atoms with Crippen molar-refractivity contribution >= 4 is 23.2 Å². The molecule has 0 spiro atoms. The van der Waals surface area contributed by atoms with Crippen LogP contribution >= 0.6 is 0 Å². The van der Waals surface area contributed by atoms with Gasteiger partial charge in [0.15, 0.2) is 11.6 Å². The maximum atomic E-state index is 13.9. The van der Waals surface area contributed by atoms with E-state index < -0.39 is 11.9 Å². The summed E-state index contributed by atoms with van der Waals surface area (Å²) in [5.41, 5.74) is 4.57. The molecule has 6 nitrogen and oxygen atoms in total. The molecule has 0 saturated heterocycles. The number of nitrogens with zero attached hydrogens (tertiary/aromatic N) is 1. The molecule has 2 aliphatic carbocycles. The van der Waals surface area contributed by atoms with Crippen molar-refractivity contribution in [2.75, 3.05) is 12.0 Å². The van der Waals surface area contributed by atoms with E-state index in [4.69, 9.17) is 4.74 Å². The molecule has 1 N–H and O–H groups in total. The number of anilines is 1. The quantitative estimate of drug-likeness (QED) is 0.533. The number of rotatable bonds is 4. The second-order valence-corrected chi connectivity index (χ2v) is 12.0. The number of carbonyl (C=O) groups is 3. The average Bonchev–Trinajstić information content (AvgIpc) is 2.81. The molecule has 37 heavy (non-hydrogen) atoms. The van der Waals surface area contributed by atoms with E-state index in [0.29, 0.717) is 36.8 Å². The molecule has 2 aromatic carbocycles. The molecule has 6 heteroatoms. The van der Waals surface area contributed by atoms with Crippen LogP contribution in [0.3, 0.4) is 0 Å². The van der Waals surface area contributed by atoms with Gasteiger partial charge in [0.2, 0.25) is 0 Å². The zero-order valence-electron chi connectivity index (χ0n) is 22.1. The maximum absolute atomic E-state index is 13.9. The van der Waals surface area contributed by atoms with Crippen molar-refractivity contribution in [3.8, 4) is 5.75 Å². The lowest BCUT2D eigenvalue weighted by Crippen LogP contribution is -2.44. The number of aromatic carboxylic acids is 1. The van der Waals surface area contributed by atoms with E-state index in [2.05, 4.69) is 32.6 Å². The number of ether oxygens (including phenoxy) is 1. The minimum atomic E-state index is -0.993. The van der Waals surface area contributed by atoms with Crippen LogP contribution < -0.4 is 9.64 Å². The van der Waals surface area contributed by atoms with Gasteiger partial charge in [-0.2, -0.15) is 0 Å². The molecule has 0 bridgehead atoms. The van der Waals surface area contributed by atoms with Gasteiger partial charge in [0.05, 0.1) is 12.7 Å². The summed E-state index contributed by atoms with van der Waals surface area (Å²) in [6.45, 7) is 8.40. The Hall–Kier alpha value is -3.67. The van der Waals surface area contributed by atoms with Gasteiger partial charge in [0.25, 0.3) is 0 Å². The number of hydrogen-bond donors (Lipinski definition) is 1. The zero-order chi connectivity index (χ0) is 26.7. The van der Waals surface area contributed by atoms with Gasteiger partial charge in [0, 0.05) is 47.0 Å². The molecule has 0 radical (unpaired) electrons. The van der Waals surface area contributed by atoms with Gasteiger partial charge in [0.1, 0.15) is 5.75 Å². The van der Waals surface area contributed by atoms with Crippen LogP contribution in [0.15, 0.2) is 71.1 Å². The number of methoxy groups -OCH3 is 1. The van der Waals surface area contributed by atoms with Crippen LogP contribution in [0.5, 0.6) is 5.75 Å². The number of carbonyl (C=O) groups excluding carboxylic acids is 2. The molecule has 0 atom stereocenters. The third kappa shape index (κ3) is 4.39. The predicted molar refractivity (Wildman–Crippen MR) is 142 cm³/mol. The molecule has 0 saturated carbocycles. The van der Waals surface area contributed by atoms with Gasteiger partial charge in [-0.05, 0) is 65.6 Å². The van der Waals surface area contributed by atoms with Gasteiger partial charge in [-0.3, -0.25) is 9.59 Å². The molecule has 2 aromatic rings. The summed E-state index contributed by atoms with van der Waals surface area (Å²) >= 11 is 0. The third-order valence-corrected chi connectivity index (χ3v) is 7.73. The Balaban J connectivity index is 1.79. The highest BCUT2D eigenvalue weighted by Gasteiger charge is 2.49. The van der Waals surface area contributed by atoms with Crippen molar-refractivity contribution in [2.24, 2.45) is 10.8 Å². The largest absolute Gasteiger partial charge is 0.497 e. The SMILES string of the molecule is COc1ccc(C2C3=C(CC(C)(C)CC3=O)N(c3ccc(C(=O)O)cc3)C3=C2C(=O)CC(C)(C)C3)cc1. The number of hydrogen-bond acceptors (Lipinski definition) is 5. The first kappa shape index (κ1) is 25.0. The number of allylic oxidation sites excluding steroid dienone is 4. The van der Waals surface area contributed by atoms with Crippen molar-refractivity contribution < 1.29 is 24.2 Å². The highest BCUT2D eigenvalue weighted by Crippen LogP contribution is 2.55. The smallest absolute Gasteiger partial charge is 0.335 e. The second-order valence-electron chi connectivity index (χ2n) is 12.0. The lowest BCUT2D eigenvalue weighted by molar-refractivity contribution is -0.119. The Bertz CT molecular complexity index is 1310. The minimum Gasteiger partial charge on any atom is -0.497 e. The van der Waals surface area contributed by atoms with Gasteiger partial charge >= 0.3 is 5.97 Å². The lowest BCUT2D eigenvalue weighted by atomic mass is 9.63. The number of ketones is 2. The number of carboxylic acids is 1. The number of benzene rings is 2. The average molecular weight is 500 g/mol. The first-order valence-corrected chi connectivity index (χ1v) is 12.7. The third-order valence-electron chi connectivity index (χ3n) is 7.73. The lowest BCUT2D eigenvalue weighted by Gasteiger charge is -2.49. The molecule has 1 aliphatic heterocycles. The first-order valence-electron chi connectivity index (χ1n) is 12.7. The van der Waals surface area contributed by atoms with Crippen LogP contribution in [0.2, 0.25) is 0 Å². The summed E-state index contributed by atoms with van der Waals surface area (Å²) in [6, 6.07) is 14.4. The predicted octanol–water partition coefficient (Wildman–Crippen LogP) is 6.28. The van der Waals surface area contributed by atoms with Crippen LogP contribution in [0, 0.1) is 10.8 Å². The van der Waals surface area contributed by atoms with Gasteiger partial charge in [-0.15, -0.1) is 0 Å². The topological polar surface area (TPSA) is 83.9 Å². The summed E-state index contributed by atoms with van der Waals surface area (Å²) in [5, 5.41) is 9.44. The van der Waals surface area contributed by atoms with Gasteiger partial charge in [-0.1, -0.05) is 39.8 Å². The van der Waals surface area contributed by atoms with Gasteiger partial charge < -0.3 is 14.7 Å². The van der Waals surface area contributed by atoms with E-state index in [9.17, 15) is 19.5 Å². The molecule has 1 heterocycles. The zero-order valence-corrected chi connectivity index (χ0v) is 22.1. The highest BCUT2D eigenvalue weighted by molar-refractivity contribution is 6.08. The Kier molecular flexibility index (Phi) is 5.89. The first-order chi connectivity index (χ1) is 17.4. The van der Waals surface area contributed by atoms with Crippen LogP contribution in [0.25, 0.3) is 0 Å². The maximum Gasteiger partial charge on any atom is 0.335 e. The van der Waals surface area contributed by atoms with E-state index in [0.717, 1.165) is 28.4 Å². The Morgan fingerprint density at radius 1 is 0.811 bits per heavy atom. The second kappa shape index (κ2) is 8.72. The fourth-order valence-corrected chi connectivity index (χ4v) is 6.16. The van der Waals surface area contributed by atoms with Crippen molar-refractivity contribution in [3.05, 3.63) is 82.2 Å². The number of Topliss-reactive ketones (excluding diaryl/α,β-unsaturated/α-hetero) is 2. The van der Waals surface area contributed by atoms with E-state index >= 15 is 0 Å². The van der Waals surface area contributed by atoms with Crippen LogP contribution in [-0.4, -0.2) is 29.8 Å². The van der Waals surface area contributed by atoms with E-state index in [-0.39, 0.29) is 28.0 Å². The summed E-state index contributed by atoms with van der Waals surface area (Å²) in [6.07, 6.45) is 2.17. The molecule has 0 fully saturated rings. The standard InChI is InChI=1S/C31H33NO5/c1-30(2)14-22-27(24(33)16-30)26(18-8-12-21(37-5)13-9-18)28-23(15-31(3,4)17-25(28)34)32(22)20-10-6-19(7-11-20)29(35)36/h6-13,26H,14-17H2,1-5H3,(H,35,36). The highest BCUT2D eigenvalue weighted by atomic mass is 16.5. The van der Waals surface area contributed by atoms with E-state index in [1.165, 1.54) is 0 Å². The van der Waals surface area contributed by atoms with Crippen molar-refractivity contribution in [3.63, 3.8) is 0 Å². The normalized spacial score (nSPS) is 21.1. The van der Waals surface area contributed by atoms with Crippen LogP contribution in [0.1, 0.15) is 75.2 Å². The molecule has 5 rings (SSSR count). The van der Waals surface area contributed by atoms with Gasteiger partial charge in [-0.25, -0.2) is 4.79 Å². The molecule has 0 amide bonds. The fraction of sp³-hybridized carbons (Fsp3) is 0.387. The Morgan fingerprint density at radius 3 is 1.73 bits per heavy atom. The summed E-state index contributed by atoms with van der Waals surface area (Å²) in [5.74, 6) is -0.590. The van der Waals surface area contributed by atoms with Crippen molar-refractivity contribution in [2.45, 2.75) is 59.3 Å². The van der Waals surface area contributed by atoms with Crippen LogP contribution in [-0.2, 0) is 9.59 Å². The van der Waals surface area contributed by atoms with Crippen molar-refractivity contribution in [1.29, 1.82) is 0 Å². The monoisotopic (exact) mass is 499 g/mol. The Morgan fingerprint density at radius 2 is 1.30 bits per heavy atom. The molecular formula is C31H33NO5. The molecule has 0 aromatic heterocycles. The van der Waals surface area contributed by atoms with Crippen LogP contribution in [0.4, 0.5) is 5.69 Å². The Labute approximate surface area is 217 Å². The van der Waals surface area contributed by atoms with E-state index in [1.54, 1.807) is 31.4 Å². The minimum absolute atomic E-state index is 0.0587. The molecule has 3 aliphatic rings.